The van der Waals surface area contributed by atoms with Crippen molar-refractivity contribution in [1.29, 1.82) is 0 Å². The second-order valence-electron chi connectivity index (χ2n) is 4.86. The highest BCUT2D eigenvalue weighted by molar-refractivity contribution is 5.41. The van der Waals surface area contributed by atoms with Crippen LogP contribution < -0.4 is 0 Å². The van der Waals surface area contributed by atoms with Gasteiger partial charge in [-0.3, -0.25) is 0 Å². The van der Waals surface area contributed by atoms with Crippen molar-refractivity contribution in [3.8, 4) is 0 Å². The van der Waals surface area contributed by atoms with E-state index >= 15 is 0 Å². The summed E-state index contributed by atoms with van der Waals surface area (Å²) in [7, 11) is 0. The van der Waals surface area contributed by atoms with Crippen LogP contribution in [0.25, 0.3) is 0 Å². The largest absolute Gasteiger partial charge is 0.385 e. The van der Waals surface area contributed by atoms with E-state index in [1.165, 1.54) is 29.5 Å². The molecule has 2 aliphatic carbocycles. The maximum atomic E-state index is 10.6. The normalized spacial score (nSPS) is 30.4. The number of hydrogen-bond acceptors (Lipinski definition) is 1. The molecule has 1 heteroatoms. The van der Waals surface area contributed by atoms with Crippen LogP contribution in [0, 0.1) is 12.8 Å². The molecule has 0 bridgehead atoms. The molecule has 1 nitrogen and oxygen atoms in total. The molecule has 0 aliphatic heterocycles. The SMILES string of the molecule is Cc1ccc2c(c1)C(O)(C1CC1)CC2. The van der Waals surface area contributed by atoms with E-state index in [4.69, 9.17) is 0 Å². The molecule has 0 spiro atoms. The van der Waals surface area contributed by atoms with E-state index in [2.05, 4.69) is 25.1 Å². The molecule has 1 N–H and O–H groups in total. The van der Waals surface area contributed by atoms with Crippen molar-refractivity contribution in [2.45, 2.75) is 38.2 Å². The fourth-order valence-corrected chi connectivity index (χ4v) is 2.76. The van der Waals surface area contributed by atoms with Gasteiger partial charge in [0.15, 0.2) is 0 Å². The molecular weight excluding hydrogens is 172 g/mol. The summed E-state index contributed by atoms with van der Waals surface area (Å²) in [5.74, 6) is 0.547. The van der Waals surface area contributed by atoms with Crippen molar-refractivity contribution >= 4 is 0 Å². The van der Waals surface area contributed by atoms with E-state index < -0.39 is 5.60 Å². The highest BCUT2D eigenvalue weighted by Gasteiger charge is 2.48. The van der Waals surface area contributed by atoms with Crippen molar-refractivity contribution < 1.29 is 5.11 Å². The average Bonchev–Trinajstić information content (AvgIpc) is 2.95. The second-order valence-corrected chi connectivity index (χ2v) is 4.86. The summed E-state index contributed by atoms with van der Waals surface area (Å²) in [5, 5.41) is 10.6. The molecule has 14 heavy (non-hydrogen) atoms. The molecule has 0 saturated heterocycles. The van der Waals surface area contributed by atoms with Gasteiger partial charge in [0.05, 0.1) is 5.60 Å². The molecule has 74 valence electrons. The second kappa shape index (κ2) is 2.60. The Morgan fingerprint density at radius 1 is 1.36 bits per heavy atom. The third-order valence-corrected chi connectivity index (χ3v) is 3.76. The lowest BCUT2D eigenvalue weighted by Gasteiger charge is -2.23. The minimum absolute atomic E-state index is 0.471. The maximum absolute atomic E-state index is 10.6. The van der Waals surface area contributed by atoms with Gasteiger partial charge < -0.3 is 5.11 Å². The van der Waals surface area contributed by atoms with Gasteiger partial charge in [-0.25, -0.2) is 0 Å². The monoisotopic (exact) mass is 188 g/mol. The minimum atomic E-state index is -0.471. The number of rotatable bonds is 1. The Bertz CT molecular complexity index is 379. The third-order valence-electron chi connectivity index (χ3n) is 3.76. The molecule has 2 aliphatic rings. The summed E-state index contributed by atoms with van der Waals surface area (Å²) in [6, 6.07) is 6.52. The Hall–Kier alpha value is -0.820. The van der Waals surface area contributed by atoms with E-state index in [1.54, 1.807) is 0 Å². The fourth-order valence-electron chi connectivity index (χ4n) is 2.76. The van der Waals surface area contributed by atoms with Crippen molar-refractivity contribution in [3.63, 3.8) is 0 Å². The van der Waals surface area contributed by atoms with Crippen LogP contribution in [0.3, 0.4) is 0 Å². The standard InChI is InChI=1S/C13H16O/c1-9-2-3-10-6-7-13(14,11-4-5-11)12(10)8-9/h2-3,8,11,14H,4-7H2,1H3. The first-order valence-electron chi connectivity index (χ1n) is 5.52. The molecule has 0 aromatic heterocycles. The summed E-state index contributed by atoms with van der Waals surface area (Å²) in [5.41, 5.74) is 3.39. The molecule has 1 aromatic rings. The van der Waals surface area contributed by atoms with Crippen LogP contribution in [-0.4, -0.2) is 5.11 Å². The van der Waals surface area contributed by atoms with Gasteiger partial charge in [-0.1, -0.05) is 23.8 Å². The molecular formula is C13H16O. The van der Waals surface area contributed by atoms with Gasteiger partial charge in [-0.15, -0.1) is 0 Å². The van der Waals surface area contributed by atoms with Crippen molar-refractivity contribution in [3.05, 3.63) is 34.9 Å². The molecule has 0 radical (unpaired) electrons. The summed E-state index contributed by atoms with van der Waals surface area (Å²) < 4.78 is 0. The van der Waals surface area contributed by atoms with E-state index in [0.29, 0.717) is 5.92 Å². The van der Waals surface area contributed by atoms with Gasteiger partial charge in [-0.05, 0) is 49.7 Å². The van der Waals surface area contributed by atoms with Gasteiger partial charge in [0, 0.05) is 0 Å². The number of fused-ring (bicyclic) bond motifs is 1. The summed E-state index contributed by atoms with van der Waals surface area (Å²) in [6.45, 7) is 2.10. The van der Waals surface area contributed by atoms with Gasteiger partial charge in [-0.2, -0.15) is 0 Å². The first-order chi connectivity index (χ1) is 6.70. The van der Waals surface area contributed by atoms with Crippen LogP contribution in [-0.2, 0) is 12.0 Å². The molecule has 0 amide bonds. The van der Waals surface area contributed by atoms with Crippen LogP contribution in [0.1, 0.15) is 36.0 Å². The van der Waals surface area contributed by atoms with Crippen LogP contribution in [0.4, 0.5) is 0 Å². The molecule has 1 atom stereocenters. The zero-order valence-corrected chi connectivity index (χ0v) is 8.59. The predicted octanol–water partition coefficient (Wildman–Crippen LogP) is 2.54. The number of hydrogen-bond donors (Lipinski definition) is 1. The molecule has 1 fully saturated rings. The highest BCUT2D eigenvalue weighted by atomic mass is 16.3. The van der Waals surface area contributed by atoms with Crippen molar-refractivity contribution in [1.82, 2.24) is 0 Å². The van der Waals surface area contributed by atoms with Crippen LogP contribution in [0.15, 0.2) is 18.2 Å². The topological polar surface area (TPSA) is 20.2 Å². The number of aryl methyl sites for hydroxylation is 2. The van der Waals surface area contributed by atoms with Gasteiger partial charge in [0.25, 0.3) is 0 Å². The Morgan fingerprint density at radius 3 is 2.86 bits per heavy atom. The minimum Gasteiger partial charge on any atom is -0.385 e. The van der Waals surface area contributed by atoms with Gasteiger partial charge in [0.2, 0.25) is 0 Å². The van der Waals surface area contributed by atoms with Gasteiger partial charge >= 0.3 is 0 Å². The quantitative estimate of drug-likeness (QED) is 0.718. The number of benzene rings is 1. The lowest BCUT2D eigenvalue weighted by Crippen LogP contribution is -2.24. The summed E-state index contributed by atoms with van der Waals surface area (Å²) >= 11 is 0. The Morgan fingerprint density at radius 2 is 2.14 bits per heavy atom. The van der Waals surface area contributed by atoms with Crippen molar-refractivity contribution in [2.75, 3.05) is 0 Å². The van der Waals surface area contributed by atoms with Crippen LogP contribution >= 0.6 is 0 Å². The molecule has 0 heterocycles. The van der Waals surface area contributed by atoms with Crippen LogP contribution in [0.2, 0.25) is 0 Å². The first kappa shape index (κ1) is 8.49. The molecule has 3 rings (SSSR count). The van der Waals surface area contributed by atoms with E-state index in [0.717, 1.165) is 12.8 Å². The van der Waals surface area contributed by atoms with E-state index in [9.17, 15) is 5.11 Å². The summed E-state index contributed by atoms with van der Waals surface area (Å²) in [6.07, 6.45) is 4.42. The highest BCUT2D eigenvalue weighted by Crippen LogP contribution is 2.52. The molecule has 1 saturated carbocycles. The van der Waals surface area contributed by atoms with Crippen LogP contribution in [0.5, 0.6) is 0 Å². The van der Waals surface area contributed by atoms with Gasteiger partial charge in [0.1, 0.15) is 0 Å². The predicted molar refractivity (Wildman–Crippen MR) is 56.1 cm³/mol. The average molecular weight is 188 g/mol. The molecule has 1 aromatic carbocycles. The zero-order chi connectivity index (χ0) is 9.76. The van der Waals surface area contributed by atoms with E-state index in [1.807, 2.05) is 0 Å². The van der Waals surface area contributed by atoms with E-state index in [-0.39, 0.29) is 0 Å². The third kappa shape index (κ3) is 1.05. The Balaban J connectivity index is 2.11. The lowest BCUT2D eigenvalue weighted by atomic mass is 9.90. The number of aliphatic hydroxyl groups is 1. The molecule has 1 unspecified atom stereocenters. The van der Waals surface area contributed by atoms with Crippen molar-refractivity contribution in [2.24, 2.45) is 5.92 Å². The Labute approximate surface area is 84.8 Å². The lowest BCUT2D eigenvalue weighted by molar-refractivity contribution is 0.0149. The summed E-state index contributed by atoms with van der Waals surface area (Å²) in [4.78, 5) is 0. The first-order valence-corrected chi connectivity index (χ1v) is 5.52. The zero-order valence-electron chi connectivity index (χ0n) is 8.59. The maximum Gasteiger partial charge on any atom is 0.0930 e. The Kier molecular flexibility index (Phi) is 1.58. The fraction of sp³-hybridized carbons (Fsp3) is 0.538. The smallest absolute Gasteiger partial charge is 0.0930 e.